The molecule has 5 nitrogen and oxygen atoms in total. The Morgan fingerprint density at radius 2 is 1.41 bits per heavy atom. The first-order chi connectivity index (χ1) is 16.3. The molecule has 0 spiro atoms. The monoisotopic (exact) mass is 479 g/mol. The van der Waals surface area contributed by atoms with Crippen LogP contribution in [0, 0.1) is 13.8 Å². The lowest BCUT2D eigenvalue weighted by molar-refractivity contribution is -0.117. The Hall–Kier alpha value is -3.12. The van der Waals surface area contributed by atoms with Gasteiger partial charge in [0.2, 0.25) is 5.91 Å². The molecule has 180 valence electrons. The number of amides is 1. The van der Waals surface area contributed by atoms with Crippen molar-refractivity contribution in [2.45, 2.75) is 57.8 Å². The Kier molecular flexibility index (Phi) is 8.88. The van der Waals surface area contributed by atoms with Gasteiger partial charge in [0.25, 0.3) is 10.0 Å². The van der Waals surface area contributed by atoms with E-state index in [0.29, 0.717) is 18.7 Å². The smallest absolute Gasteiger partial charge is 0.270 e. The van der Waals surface area contributed by atoms with E-state index >= 15 is 0 Å². The molecule has 0 aliphatic rings. The Balaban J connectivity index is 1.78. The van der Waals surface area contributed by atoms with Crippen LogP contribution in [0.15, 0.2) is 77.7 Å². The molecule has 0 saturated carbocycles. The second-order valence-electron chi connectivity index (χ2n) is 8.51. The van der Waals surface area contributed by atoms with Crippen molar-refractivity contribution in [3.63, 3.8) is 0 Å². The van der Waals surface area contributed by atoms with Gasteiger partial charge in [-0.1, -0.05) is 60.9 Å². The predicted molar refractivity (Wildman–Crippen MR) is 137 cm³/mol. The zero-order chi connectivity index (χ0) is 24.6. The lowest BCUT2D eigenvalue weighted by Gasteiger charge is -2.23. The number of ether oxygens (including phenoxy) is 1. The quantitative estimate of drug-likeness (QED) is 0.306. The first kappa shape index (κ1) is 25.5. The Morgan fingerprint density at radius 1 is 0.824 bits per heavy atom. The number of hydrogen-bond donors (Lipinski definition) is 0. The topological polar surface area (TPSA) is 63.7 Å². The van der Waals surface area contributed by atoms with E-state index in [2.05, 4.69) is 6.92 Å². The molecule has 0 N–H and O–H groups in total. The average molecular weight is 480 g/mol. The van der Waals surface area contributed by atoms with Gasteiger partial charge in [-0.2, -0.15) is 0 Å². The number of rotatable bonds is 11. The zero-order valence-electron chi connectivity index (χ0n) is 20.2. The molecule has 1 amide bonds. The van der Waals surface area contributed by atoms with Crippen molar-refractivity contribution >= 4 is 21.6 Å². The lowest BCUT2D eigenvalue weighted by atomic mass is 10.1. The molecular formula is C28H33NO4S. The summed E-state index contributed by atoms with van der Waals surface area (Å²) in [5.41, 5.74) is 3.56. The number of carbonyl (C=O) groups excluding carboxylic acids is 1. The molecule has 0 aromatic heterocycles. The van der Waals surface area contributed by atoms with Crippen LogP contribution in [0.25, 0.3) is 0 Å². The van der Waals surface area contributed by atoms with Gasteiger partial charge in [0.15, 0.2) is 0 Å². The van der Waals surface area contributed by atoms with Gasteiger partial charge in [0, 0.05) is 6.42 Å². The summed E-state index contributed by atoms with van der Waals surface area (Å²) in [5.74, 6) is 0.249. The largest absolute Gasteiger partial charge is 0.494 e. The molecule has 3 aromatic carbocycles. The number of sulfonamides is 1. The molecule has 0 aliphatic heterocycles. The molecule has 0 unspecified atom stereocenters. The molecule has 3 aromatic rings. The lowest BCUT2D eigenvalue weighted by Crippen LogP contribution is -2.37. The van der Waals surface area contributed by atoms with Crippen LogP contribution in [0.5, 0.6) is 5.75 Å². The summed E-state index contributed by atoms with van der Waals surface area (Å²) >= 11 is 0. The highest BCUT2D eigenvalue weighted by Gasteiger charge is 2.30. The third-order valence-corrected chi connectivity index (χ3v) is 7.36. The maximum absolute atomic E-state index is 13.5. The van der Waals surface area contributed by atoms with Crippen LogP contribution in [-0.2, 0) is 21.2 Å². The number of carbonyl (C=O) groups is 1. The Labute approximate surface area is 203 Å². The molecule has 0 fully saturated rings. The number of unbranched alkanes of at least 4 members (excludes halogenated alkanes) is 1. The number of aryl methyl sites for hydroxylation is 3. The van der Waals surface area contributed by atoms with E-state index in [1.807, 2.05) is 50.2 Å². The summed E-state index contributed by atoms with van der Waals surface area (Å²) < 4.78 is 33.7. The molecule has 0 atom stereocenters. The van der Waals surface area contributed by atoms with Gasteiger partial charge in [0.1, 0.15) is 5.75 Å². The van der Waals surface area contributed by atoms with Gasteiger partial charge in [-0.25, -0.2) is 12.7 Å². The summed E-state index contributed by atoms with van der Waals surface area (Å²) in [5, 5.41) is 0. The van der Waals surface area contributed by atoms with E-state index in [1.165, 1.54) is 0 Å². The number of benzene rings is 3. The minimum Gasteiger partial charge on any atom is -0.494 e. The summed E-state index contributed by atoms with van der Waals surface area (Å²) in [7, 11) is -4.05. The van der Waals surface area contributed by atoms with Crippen molar-refractivity contribution in [3.8, 4) is 5.75 Å². The normalized spacial score (nSPS) is 11.3. The van der Waals surface area contributed by atoms with Gasteiger partial charge >= 0.3 is 0 Å². The second kappa shape index (κ2) is 11.8. The van der Waals surface area contributed by atoms with Crippen molar-refractivity contribution in [2.75, 3.05) is 10.9 Å². The minimum absolute atomic E-state index is 0.0501. The van der Waals surface area contributed by atoms with Crippen molar-refractivity contribution in [2.24, 2.45) is 0 Å². The van der Waals surface area contributed by atoms with Gasteiger partial charge in [-0.15, -0.1) is 0 Å². The van der Waals surface area contributed by atoms with Crippen LogP contribution < -0.4 is 9.04 Å². The van der Waals surface area contributed by atoms with Crippen LogP contribution in [0.1, 0.15) is 49.3 Å². The molecule has 3 rings (SSSR count). The maximum Gasteiger partial charge on any atom is 0.270 e. The molecular weight excluding hydrogens is 446 g/mol. The van der Waals surface area contributed by atoms with E-state index in [9.17, 15) is 13.2 Å². The molecule has 0 aliphatic carbocycles. The fraction of sp³-hybridized carbons (Fsp3) is 0.321. The van der Waals surface area contributed by atoms with Gasteiger partial charge < -0.3 is 4.74 Å². The van der Waals surface area contributed by atoms with E-state index < -0.39 is 15.9 Å². The predicted octanol–water partition coefficient (Wildman–Crippen LogP) is 6.23. The third kappa shape index (κ3) is 6.70. The highest BCUT2D eigenvalue weighted by atomic mass is 32.2. The number of nitrogens with zero attached hydrogens (tertiary/aromatic N) is 1. The Morgan fingerprint density at radius 3 is 2.00 bits per heavy atom. The number of anilines is 1. The average Bonchev–Trinajstić information content (AvgIpc) is 2.83. The van der Waals surface area contributed by atoms with Crippen LogP contribution in [0.4, 0.5) is 5.69 Å². The fourth-order valence-corrected chi connectivity index (χ4v) is 5.01. The van der Waals surface area contributed by atoms with Crippen LogP contribution in [0.2, 0.25) is 0 Å². The van der Waals surface area contributed by atoms with Crippen molar-refractivity contribution in [3.05, 3.63) is 89.5 Å². The highest BCUT2D eigenvalue weighted by molar-refractivity contribution is 7.93. The van der Waals surface area contributed by atoms with Gasteiger partial charge in [0.05, 0.1) is 17.2 Å². The number of hydrogen-bond acceptors (Lipinski definition) is 4. The first-order valence-electron chi connectivity index (χ1n) is 11.7. The SMILES string of the molecule is CCCCc1ccc(N(C(=O)CCCOc2ccc(C)cc2)S(=O)(=O)c2ccc(C)cc2)cc1. The maximum atomic E-state index is 13.5. The van der Waals surface area contributed by atoms with Gasteiger partial charge in [-0.3, -0.25) is 4.79 Å². The van der Waals surface area contributed by atoms with Crippen molar-refractivity contribution in [1.29, 1.82) is 0 Å². The highest BCUT2D eigenvalue weighted by Crippen LogP contribution is 2.26. The zero-order valence-corrected chi connectivity index (χ0v) is 21.0. The molecule has 0 bridgehead atoms. The minimum atomic E-state index is -4.05. The first-order valence-corrected chi connectivity index (χ1v) is 13.2. The van der Waals surface area contributed by atoms with Crippen LogP contribution in [-0.4, -0.2) is 20.9 Å². The molecule has 6 heteroatoms. The van der Waals surface area contributed by atoms with Gasteiger partial charge in [-0.05, 0) is 75.1 Å². The standard InChI is InChI=1S/C28H33NO4S/c1-4-5-7-24-13-15-25(16-14-24)29(34(31,32)27-19-11-23(3)12-20-27)28(30)8-6-21-33-26-17-9-22(2)10-18-26/h9-20H,4-8,21H2,1-3H3. The van der Waals surface area contributed by atoms with E-state index in [-0.39, 0.29) is 11.3 Å². The summed E-state index contributed by atoms with van der Waals surface area (Å²) in [6.07, 6.45) is 3.52. The van der Waals surface area contributed by atoms with E-state index in [1.54, 1.807) is 36.4 Å². The summed E-state index contributed by atoms with van der Waals surface area (Å²) in [6.45, 7) is 6.35. The van der Waals surface area contributed by atoms with E-state index in [4.69, 9.17) is 4.74 Å². The van der Waals surface area contributed by atoms with Crippen molar-refractivity contribution in [1.82, 2.24) is 0 Å². The third-order valence-electron chi connectivity index (χ3n) is 5.60. The molecule has 34 heavy (non-hydrogen) atoms. The molecule has 0 saturated heterocycles. The fourth-order valence-electron chi connectivity index (χ4n) is 3.56. The van der Waals surface area contributed by atoms with Crippen LogP contribution >= 0.6 is 0 Å². The molecule has 0 radical (unpaired) electrons. The van der Waals surface area contributed by atoms with Crippen molar-refractivity contribution < 1.29 is 17.9 Å². The Bertz CT molecular complexity index is 1170. The summed E-state index contributed by atoms with van der Waals surface area (Å²) in [4.78, 5) is 13.3. The summed E-state index contributed by atoms with van der Waals surface area (Å²) in [6, 6.07) is 21.5. The van der Waals surface area contributed by atoms with Crippen LogP contribution in [0.3, 0.4) is 0 Å². The second-order valence-corrected chi connectivity index (χ2v) is 10.3. The van der Waals surface area contributed by atoms with E-state index in [0.717, 1.165) is 46.0 Å². The molecule has 0 heterocycles.